The van der Waals surface area contributed by atoms with Gasteiger partial charge in [-0.2, -0.15) is 0 Å². The monoisotopic (exact) mass is 344 g/mol. The summed E-state index contributed by atoms with van der Waals surface area (Å²) in [5.41, 5.74) is 0.762. The van der Waals surface area contributed by atoms with Crippen LogP contribution in [0.15, 0.2) is 53.4 Å². The predicted molar refractivity (Wildman–Crippen MR) is 88.9 cm³/mol. The van der Waals surface area contributed by atoms with Crippen LogP contribution in [0.5, 0.6) is 0 Å². The van der Waals surface area contributed by atoms with Crippen LogP contribution in [0.1, 0.15) is 21.3 Å². The van der Waals surface area contributed by atoms with Crippen LogP contribution in [0.25, 0.3) is 0 Å². The minimum Gasteiger partial charge on any atom is -0.503 e. The molecule has 6 nitrogen and oxygen atoms in total. The molecule has 2 aromatic rings. The molecule has 3 rings (SSSR count). The van der Waals surface area contributed by atoms with Gasteiger partial charge in [0.15, 0.2) is 5.76 Å². The molecule has 0 saturated carbocycles. The van der Waals surface area contributed by atoms with E-state index in [2.05, 4.69) is 4.98 Å². The number of carbonyl (C=O) groups excluding carboxylic acids is 2. The highest BCUT2D eigenvalue weighted by atomic mass is 32.1. The van der Waals surface area contributed by atoms with Crippen LogP contribution >= 0.6 is 11.3 Å². The van der Waals surface area contributed by atoms with Crippen LogP contribution in [0.2, 0.25) is 0 Å². The average Bonchev–Trinajstić information content (AvgIpc) is 3.22. The first-order chi connectivity index (χ1) is 11.6. The quantitative estimate of drug-likeness (QED) is 0.814. The Morgan fingerprint density at radius 1 is 1.42 bits per heavy atom. The number of ketones is 1. The van der Waals surface area contributed by atoms with E-state index in [1.54, 1.807) is 42.0 Å². The largest absolute Gasteiger partial charge is 0.503 e. The Labute approximate surface area is 143 Å². The Balaban J connectivity index is 2.06. The molecule has 7 heteroatoms. The van der Waals surface area contributed by atoms with Crippen molar-refractivity contribution in [1.29, 1.82) is 0 Å². The van der Waals surface area contributed by atoms with Crippen molar-refractivity contribution in [2.24, 2.45) is 0 Å². The summed E-state index contributed by atoms with van der Waals surface area (Å²) in [6, 6.07) is 6.28. The van der Waals surface area contributed by atoms with Crippen LogP contribution < -0.4 is 0 Å². The van der Waals surface area contributed by atoms with Crippen molar-refractivity contribution in [1.82, 2.24) is 9.88 Å². The molecule has 0 aliphatic carbocycles. The fraction of sp³-hybridized carbons (Fsp3) is 0.235. The highest BCUT2D eigenvalue weighted by Crippen LogP contribution is 2.38. The van der Waals surface area contributed by atoms with Crippen LogP contribution in [-0.4, -0.2) is 46.9 Å². The Hall–Kier alpha value is -2.51. The zero-order valence-electron chi connectivity index (χ0n) is 13.0. The lowest BCUT2D eigenvalue weighted by Gasteiger charge is -2.26. The molecule has 1 amide bonds. The molecule has 1 N–H and O–H groups in total. The summed E-state index contributed by atoms with van der Waals surface area (Å²) >= 11 is 1.27. The number of amides is 1. The SMILES string of the molecule is COCCN1C(=O)C(O)=C(C(=O)c2cccs2)C1c1cccnc1. The second-order valence-electron chi connectivity index (χ2n) is 5.25. The smallest absolute Gasteiger partial charge is 0.290 e. The minimum atomic E-state index is -0.670. The van der Waals surface area contributed by atoms with Gasteiger partial charge in [0.2, 0.25) is 5.78 Å². The summed E-state index contributed by atoms with van der Waals surface area (Å²) in [5.74, 6) is -1.41. The highest BCUT2D eigenvalue weighted by molar-refractivity contribution is 7.12. The van der Waals surface area contributed by atoms with E-state index in [4.69, 9.17) is 4.74 Å². The van der Waals surface area contributed by atoms with Gasteiger partial charge in [0.25, 0.3) is 5.91 Å². The summed E-state index contributed by atoms with van der Waals surface area (Å²) in [5, 5.41) is 12.1. The van der Waals surface area contributed by atoms with Gasteiger partial charge in [-0.3, -0.25) is 14.6 Å². The summed E-state index contributed by atoms with van der Waals surface area (Å²) < 4.78 is 5.05. The summed E-state index contributed by atoms with van der Waals surface area (Å²) in [4.78, 5) is 31.3. The van der Waals surface area contributed by atoms with Gasteiger partial charge in [-0.1, -0.05) is 12.1 Å². The number of aliphatic hydroxyl groups excluding tert-OH is 1. The molecule has 124 valence electrons. The number of Topliss-reactive ketones (excluding diaryl/α,β-unsaturated/α-hetero) is 1. The summed E-state index contributed by atoms with van der Waals surface area (Å²) in [6.45, 7) is 0.566. The Bertz CT molecular complexity index is 771. The molecular weight excluding hydrogens is 328 g/mol. The van der Waals surface area contributed by atoms with Crippen molar-refractivity contribution in [2.75, 3.05) is 20.3 Å². The third-order valence-electron chi connectivity index (χ3n) is 3.83. The lowest BCUT2D eigenvalue weighted by molar-refractivity contribution is -0.130. The lowest BCUT2D eigenvalue weighted by atomic mass is 9.96. The molecule has 2 aromatic heterocycles. The van der Waals surface area contributed by atoms with E-state index in [-0.39, 0.29) is 17.9 Å². The van der Waals surface area contributed by atoms with Crippen molar-refractivity contribution in [3.8, 4) is 0 Å². The summed E-state index contributed by atoms with van der Waals surface area (Å²) in [7, 11) is 1.53. The number of pyridine rings is 1. The predicted octanol–water partition coefficient (Wildman–Crippen LogP) is 2.37. The van der Waals surface area contributed by atoms with Crippen LogP contribution in [0, 0.1) is 0 Å². The standard InChI is InChI=1S/C17H16N2O4S/c1-23-8-7-19-14(11-4-2-6-18-10-11)13(16(21)17(19)22)15(20)12-5-3-9-24-12/h2-6,9-10,14,21H,7-8H2,1H3. The van der Waals surface area contributed by atoms with Crippen molar-refractivity contribution < 1.29 is 19.4 Å². The maximum Gasteiger partial charge on any atom is 0.290 e. The molecule has 1 aliphatic rings. The number of hydrogen-bond donors (Lipinski definition) is 1. The number of nitrogens with zero attached hydrogens (tertiary/aromatic N) is 2. The first kappa shape index (κ1) is 16.4. The molecule has 0 spiro atoms. The van der Waals surface area contributed by atoms with Gasteiger partial charge in [0.1, 0.15) is 0 Å². The zero-order valence-corrected chi connectivity index (χ0v) is 13.8. The molecule has 24 heavy (non-hydrogen) atoms. The van der Waals surface area contributed by atoms with Gasteiger partial charge >= 0.3 is 0 Å². The number of rotatable bonds is 6. The maximum atomic E-state index is 12.8. The maximum absolute atomic E-state index is 12.8. The van der Waals surface area contributed by atoms with Gasteiger partial charge in [-0.25, -0.2) is 0 Å². The fourth-order valence-corrected chi connectivity index (χ4v) is 3.41. The number of methoxy groups -OCH3 is 1. The number of aliphatic hydroxyl groups is 1. The van der Waals surface area contributed by atoms with E-state index >= 15 is 0 Å². The molecule has 1 aliphatic heterocycles. The van der Waals surface area contributed by atoms with Crippen LogP contribution in [0.4, 0.5) is 0 Å². The van der Waals surface area contributed by atoms with Crippen molar-refractivity contribution in [3.05, 3.63) is 63.8 Å². The zero-order chi connectivity index (χ0) is 17.1. The third-order valence-corrected chi connectivity index (χ3v) is 4.70. The minimum absolute atomic E-state index is 0.0894. The molecule has 3 heterocycles. The average molecular weight is 344 g/mol. The molecule has 0 saturated heterocycles. The molecular formula is C17H16N2O4S. The second kappa shape index (κ2) is 6.94. The number of carbonyl (C=O) groups is 2. The van der Waals surface area contributed by atoms with Crippen molar-refractivity contribution in [3.63, 3.8) is 0 Å². The lowest BCUT2D eigenvalue weighted by Crippen LogP contribution is -2.34. The third kappa shape index (κ3) is 2.83. The second-order valence-corrected chi connectivity index (χ2v) is 6.20. The van der Waals surface area contributed by atoms with Crippen molar-refractivity contribution >= 4 is 23.0 Å². The van der Waals surface area contributed by atoms with E-state index in [9.17, 15) is 14.7 Å². The van der Waals surface area contributed by atoms with Gasteiger partial charge < -0.3 is 14.7 Å². The first-order valence-electron chi connectivity index (χ1n) is 7.36. The fourth-order valence-electron chi connectivity index (χ4n) is 2.73. The van der Waals surface area contributed by atoms with Crippen LogP contribution in [-0.2, 0) is 9.53 Å². The van der Waals surface area contributed by atoms with Crippen molar-refractivity contribution in [2.45, 2.75) is 6.04 Å². The normalized spacial score (nSPS) is 17.6. The van der Waals surface area contributed by atoms with E-state index in [1.807, 2.05) is 0 Å². The Morgan fingerprint density at radius 2 is 2.25 bits per heavy atom. The van der Waals surface area contributed by atoms with Crippen LogP contribution in [0.3, 0.4) is 0 Å². The van der Waals surface area contributed by atoms with Gasteiger partial charge in [-0.05, 0) is 23.1 Å². The number of ether oxygens (including phenoxy) is 1. The molecule has 0 fully saturated rings. The highest BCUT2D eigenvalue weighted by Gasteiger charge is 2.43. The van der Waals surface area contributed by atoms with Gasteiger partial charge in [-0.15, -0.1) is 11.3 Å². The number of aromatic nitrogens is 1. The molecule has 1 unspecified atom stereocenters. The number of thiophene rings is 1. The molecule has 0 aromatic carbocycles. The first-order valence-corrected chi connectivity index (χ1v) is 8.24. The van der Waals surface area contributed by atoms with Gasteiger partial charge in [0.05, 0.1) is 23.1 Å². The molecule has 0 radical (unpaired) electrons. The van der Waals surface area contributed by atoms with E-state index in [0.29, 0.717) is 17.0 Å². The number of hydrogen-bond acceptors (Lipinski definition) is 6. The Morgan fingerprint density at radius 3 is 2.88 bits per heavy atom. The van der Waals surface area contributed by atoms with E-state index < -0.39 is 17.7 Å². The Kier molecular flexibility index (Phi) is 4.73. The topological polar surface area (TPSA) is 79.7 Å². The molecule has 1 atom stereocenters. The van der Waals surface area contributed by atoms with E-state index in [0.717, 1.165) is 0 Å². The van der Waals surface area contributed by atoms with Gasteiger partial charge in [0, 0.05) is 26.0 Å². The molecule has 0 bridgehead atoms. The summed E-state index contributed by atoms with van der Waals surface area (Å²) in [6.07, 6.45) is 3.21. The van der Waals surface area contributed by atoms with E-state index in [1.165, 1.54) is 23.3 Å².